The van der Waals surface area contributed by atoms with E-state index in [9.17, 15) is 12.8 Å². The lowest BCUT2D eigenvalue weighted by Gasteiger charge is -2.31. The van der Waals surface area contributed by atoms with Crippen molar-refractivity contribution in [2.45, 2.75) is 23.7 Å². The molecule has 1 aliphatic rings. The van der Waals surface area contributed by atoms with Crippen LogP contribution < -0.4 is 0 Å². The van der Waals surface area contributed by atoms with Crippen LogP contribution >= 0.6 is 11.6 Å². The van der Waals surface area contributed by atoms with Gasteiger partial charge in [-0.05, 0) is 60.7 Å². The van der Waals surface area contributed by atoms with E-state index < -0.39 is 15.8 Å². The number of halogens is 2. The Kier molecular flexibility index (Phi) is 4.50. The van der Waals surface area contributed by atoms with Crippen molar-refractivity contribution in [3.63, 3.8) is 0 Å². The summed E-state index contributed by atoms with van der Waals surface area (Å²) in [6.07, 6.45) is 3.49. The van der Waals surface area contributed by atoms with Crippen LogP contribution in [-0.2, 0) is 10.0 Å². The minimum absolute atomic E-state index is 0.138. The van der Waals surface area contributed by atoms with Crippen molar-refractivity contribution in [1.29, 1.82) is 0 Å². The van der Waals surface area contributed by atoms with E-state index >= 15 is 0 Å². The van der Waals surface area contributed by atoms with Gasteiger partial charge in [0.15, 0.2) is 0 Å². The van der Waals surface area contributed by atoms with Gasteiger partial charge in [-0.2, -0.15) is 4.31 Å². The zero-order valence-corrected chi connectivity index (χ0v) is 15.5. The van der Waals surface area contributed by atoms with Crippen LogP contribution in [0.5, 0.6) is 0 Å². The fourth-order valence-corrected chi connectivity index (χ4v) is 5.26. The van der Waals surface area contributed by atoms with Gasteiger partial charge < -0.3 is 4.98 Å². The summed E-state index contributed by atoms with van der Waals surface area (Å²) >= 11 is 6.03. The Morgan fingerprint density at radius 2 is 1.77 bits per heavy atom. The maximum Gasteiger partial charge on any atom is 0.243 e. The second-order valence-electron chi connectivity index (χ2n) is 6.57. The smallest absolute Gasteiger partial charge is 0.243 e. The molecule has 0 aliphatic carbocycles. The van der Waals surface area contributed by atoms with Crippen molar-refractivity contribution in [3.8, 4) is 0 Å². The van der Waals surface area contributed by atoms with Crippen molar-refractivity contribution in [2.24, 2.45) is 0 Å². The number of aromatic amines is 1. The summed E-state index contributed by atoms with van der Waals surface area (Å²) in [6.45, 7) is 0.898. The number of hydrogen-bond donors (Lipinski definition) is 1. The third-order valence-electron chi connectivity index (χ3n) is 5.02. The predicted octanol–water partition coefficient (Wildman–Crippen LogP) is 4.53. The molecule has 1 aliphatic heterocycles. The van der Waals surface area contributed by atoms with Gasteiger partial charge in [-0.25, -0.2) is 12.8 Å². The molecule has 0 radical (unpaired) electrons. The molecule has 136 valence electrons. The summed E-state index contributed by atoms with van der Waals surface area (Å²) in [4.78, 5) is 3.39. The first-order valence-corrected chi connectivity index (χ1v) is 10.3. The third-order valence-corrected chi connectivity index (χ3v) is 7.17. The average Bonchev–Trinajstić information content (AvgIpc) is 3.05. The summed E-state index contributed by atoms with van der Waals surface area (Å²) in [5.74, 6) is -0.147. The molecule has 1 aromatic heterocycles. The maximum absolute atomic E-state index is 13.1. The number of H-pyrrole nitrogens is 1. The monoisotopic (exact) mass is 392 g/mol. The van der Waals surface area contributed by atoms with Crippen molar-refractivity contribution in [3.05, 3.63) is 65.1 Å². The fourth-order valence-electron chi connectivity index (χ4n) is 3.62. The SMILES string of the molecule is O=S(=O)(c1ccc(F)cc1)N1CCC(c2c[nH]c3cc(Cl)ccc23)CC1. The van der Waals surface area contributed by atoms with Gasteiger partial charge in [0.2, 0.25) is 10.0 Å². The highest BCUT2D eigenvalue weighted by Gasteiger charge is 2.30. The molecule has 0 spiro atoms. The van der Waals surface area contributed by atoms with E-state index in [0.29, 0.717) is 24.0 Å². The minimum atomic E-state index is -3.58. The van der Waals surface area contributed by atoms with Crippen LogP contribution in [0.4, 0.5) is 4.39 Å². The molecule has 2 aromatic carbocycles. The van der Waals surface area contributed by atoms with Crippen molar-refractivity contribution >= 4 is 32.5 Å². The number of nitrogens with one attached hydrogen (secondary N) is 1. The number of hydrogen-bond acceptors (Lipinski definition) is 2. The zero-order chi connectivity index (χ0) is 18.3. The van der Waals surface area contributed by atoms with E-state index in [-0.39, 0.29) is 4.90 Å². The summed E-state index contributed by atoms with van der Waals surface area (Å²) in [7, 11) is -3.58. The molecule has 1 fully saturated rings. The van der Waals surface area contributed by atoms with Crippen molar-refractivity contribution < 1.29 is 12.8 Å². The van der Waals surface area contributed by atoms with Crippen LogP contribution in [0.1, 0.15) is 24.3 Å². The normalized spacial score (nSPS) is 17.0. The first-order chi connectivity index (χ1) is 12.4. The van der Waals surface area contributed by atoms with Crippen LogP contribution in [0.15, 0.2) is 53.6 Å². The van der Waals surface area contributed by atoms with Crippen LogP contribution in [0.2, 0.25) is 5.02 Å². The van der Waals surface area contributed by atoms with Gasteiger partial charge >= 0.3 is 0 Å². The van der Waals surface area contributed by atoms with Gasteiger partial charge in [0.25, 0.3) is 0 Å². The number of aromatic nitrogens is 1. The lowest BCUT2D eigenvalue weighted by molar-refractivity contribution is 0.320. The highest BCUT2D eigenvalue weighted by Crippen LogP contribution is 2.35. The second kappa shape index (κ2) is 6.68. The Morgan fingerprint density at radius 1 is 1.08 bits per heavy atom. The van der Waals surface area contributed by atoms with E-state index in [0.717, 1.165) is 23.7 Å². The minimum Gasteiger partial charge on any atom is -0.361 e. The maximum atomic E-state index is 13.1. The van der Waals surface area contributed by atoms with Crippen LogP contribution in [0.3, 0.4) is 0 Å². The topological polar surface area (TPSA) is 53.2 Å². The summed E-state index contributed by atoms with van der Waals surface area (Å²) < 4.78 is 40.0. The van der Waals surface area contributed by atoms with Crippen LogP contribution in [-0.4, -0.2) is 30.8 Å². The van der Waals surface area contributed by atoms with E-state index in [2.05, 4.69) is 4.98 Å². The molecule has 2 heterocycles. The number of sulfonamides is 1. The molecule has 7 heteroatoms. The molecule has 0 unspecified atom stereocenters. The molecule has 0 atom stereocenters. The highest BCUT2D eigenvalue weighted by atomic mass is 35.5. The Hall–Kier alpha value is -1.89. The number of rotatable bonds is 3. The van der Waals surface area contributed by atoms with Gasteiger partial charge in [-0.15, -0.1) is 0 Å². The van der Waals surface area contributed by atoms with Crippen LogP contribution in [0, 0.1) is 5.82 Å². The third kappa shape index (κ3) is 3.13. The van der Waals surface area contributed by atoms with Crippen molar-refractivity contribution in [2.75, 3.05) is 13.1 Å². The molecule has 0 saturated carbocycles. The molecule has 4 rings (SSSR count). The zero-order valence-electron chi connectivity index (χ0n) is 14.0. The first-order valence-electron chi connectivity index (χ1n) is 8.47. The summed E-state index contributed by atoms with van der Waals surface area (Å²) in [5, 5.41) is 1.82. The average molecular weight is 393 g/mol. The van der Waals surface area contributed by atoms with Gasteiger partial charge in [0.05, 0.1) is 4.90 Å². The Bertz CT molecular complexity index is 1040. The number of benzene rings is 2. The van der Waals surface area contributed by atoms with Gasteiger partial charge in [-0.3, -0.25) is 0 Å². The van der Waals surface area contributed by atoms with Gasteiger partial charge in [0.1, 0.15) is 5.82 Å². The number of piperidine rings is 1. The van der Waals surface area contributed by atoms with Gasteiger partial charge in [0, 0.05) is 35.2 Å². The molecule has 0 amide bonds. The van der Waals surface area contributed by atoms with Gasteiger partial charge in [-0.1, -0.05) is 17.7 Å². The first kappa shape index (κ1) is 17.5. The Morgan fingerprint density at radius 3 is 2.46 bits per heavy atom. The Balaban J connectivity index is 1.52. The standard InChI is InChI=1S/C19H18ClFN2O2S/c20-14-1-6-17-18(12-22-19(17)11-14)13-7-9-23(10-8-13)26(24,25)16-4-2-15(21)3-5-16/h1-6,11-13,22H,7-10H2. The molecule has 26 heavy (non-hydrogen) atoms. The molecule has 4 nitrogen and oxygen atoms in total. The Labute approximate surface area is 156 Å². The molecular formula is C19H18ClFN2O2S. The quantitative estimate of drug-likeness (QED) is 0.712. The lowest BCUT2D eigenvalue weighted by Crippen LogP contribution is -2.37. The van der Waals surface area contributed by atoms with E-state index in [4.69, 9.17) is 11.6 Å². The van der Waals surface area contributed by atoms with E-state index in [1.165, 1.54) is 34.1 Å². The molecule has 1 saturated heterocycles. The summed E-state index contributed by atoms with van der Waals surface area (Å²) in [5.41, 5.74) is 2.20. The molecule has 1 N–H and O–H groups in total. The van der Waals surface area contributed by atoms with E-state index in [1.54, 1.807) is 0 Å². The summed E-state index contributed by atoms with van der Waals surface area (Å²) in [6, 6.07) is 10.8. The second-order valence-corrected chi connectivity index (χ2v) is 8.94. The highest BCUT2D eigenvalue weighted by molar-refractivity contribution is 7.89. The van der Waals surface area contributed by atoms with E-state index in [1.807, 2.05) is 24.4 Å². The fraction of sp³-hybridized carbons (Fsp3) is 0.263. The van der Waals surface area contributed by atoms with Crippen molar-refractivity contribution in [1.82, 2.24) is 9.29 Å². The molecule has 0 bridgehead atoms. The largest absolute Gasteiger partial charge is 0.361 e. The predicted molar refractivity (Wildman–Crippen MR) is 100 cm³/mol. The molecule has 3 aromatic rings. The number of fused-ring (bicyclic) bond motifs is 1. The van der Waals surface area contributed by atoms with Crippen LogP contribution in [0.25, 0.3) is 10.9 Å². The lowest BCUT2D eigenvalue weighted by atomic mass is 9.90. The molecular weight excluding hydrogens is 375 g/mol. The number of nitrogens with zero attached hydrogens (tertiary/aromatic N) is 1.